The molecule has 0 spiro atoms. The Labute approximate surface area is 252 Å². The van der Waals surface area contributed by atoms with Crippen LogP contribution >= 0.6 is 11.9 Å². The van der Waals surface area contributed by atoms with E-state index in [1.807, 2.05) is 62.1 Å². The number of nitrogens with one attached hydrogen (secondary N) is 1. The first-order valence-electron chi connectivity index (χ1n) is 14.3. The predicted octanol–water partition coefficient (Wildman–Crippen LogP) is 6.36. The molecule has 0 unspecified atom stereocenters. The number of hydrogen-bond acceptors (Lipinski definition) is 8. The van der Waals surface area contributed by atoms with Gasteiger partial charge in [-0.15, -0.1) is 0 Å². The second kappa shape index (κ2) is 11.8. The third-order valence-corrected chi connectivity index (χ3v) is 8.16. The van der Waals surface area contributed by atoms with Gasteiger partial charge in [-0.05, 0) is 81.8 Å². The normalized spacial score (nSPS) is 19.1. The Balaban J connectivity index is 1.63. The zero-order chi connectivity index (χ0) is 30.2. The summed E-state index contributed by atoms with van der Waals surface area (Å²) in [6.07, 6.45) is -0.993. The van der Waals surface area contributed by atoms with Gasteiger partial charge in [0.1, 0.15) is 11.7 Å². The van der Waals surface area contributed by atoms with Crippen molar-refractivity contribution < 1.29 is 19.1 Å². The van der Waals surface area contributed by atoms with Crippen molar-refractivity contribution in [3.05, 3.63) is 65.2 Å². The van der Waals surface area contributed by atoms with Crippen LogP contribution in [0.2, 0.25) is 0 Å². The van der Waals surface area contributed by atoms with Gasteiger partial charge in [0, 0.05) is 28.6 Å². The van der Waals surface area contributed by atoms with E-state index < -0.39 is 17.8 Å². The monoisotopic (exact) mass is 589 g/mol. The van der Waals surface area contributed by atoms with Crippen LogP contribution in [0.15, 0.2) is 53.4 Å². The van der Waals surface area contributed by atoms with Gasteiger partial charge >= 0.3 is 6.09 Å². The fraction of sp³-hybridized carbons (Fsp3) is 0.438. The van der Waals surface area contributed by atoms with Gasteiger partial charge in [0.25, 0.3) is 5.91 Å². The highest BCUT2D eigenvalue weighted by Gasteiger charge is 2.39. The van der Waals surface area contributed by atoms with E-state index in [4.69, 9.17) is 19.4 Å². The maximum atomic E-state index is 14.1. The molecular formula is C32H39N5O4S. The average Bonchev–Trinajstić information content (AvgIpc) is 3.10. The molecule has 42 heavy (non-hydrogen) atoms. The summed E-state index contributed by atoms with van der Waals surface area (Å²) < 4.78 is 15.6. The molecule has 1 fully saturated rings. The van der Waals surface area contributed by atoms with Gasteiger partial charge in [-0.1, -0.05) is 38.1 Å². The van der Waals surface area contributed by atoms with E-state index in [1.54, 1.807) is 4.90 Å². The number of aryl methyl sites for hydroxylation is 2. The third kappa shape index (κ3) is 6.64. The Kier molecular flexibility index (Phi) is 8.37. The van der Waals surface area contributed by atoms with Crippen molar-refractivity contribution in [3.8, 4) is 17.1 Å². The quantitative estimate of drug-likeness (QED) is 0.345. The SMILES string of the molecule is Cc1cccc(C)c1-c1cc2nc(n1)NSc1cccc(c1)C(=O)N1C[C@@H](CN(C(=O)OC(C)(C)C)C[C@H]1C(C)C)O2. The highest BCUT2D eigenvalue weighted by molar-refractivity contribution is 8.00. The summed E-state index contributed by atoms with van der Waals surface area (Å²) in [6, 6.07) is 15.2. The molecule has 2 amide bonds. The third-order valence-electron chi connectivity index (χ3n) is 7.38. The molecule has 0 saturated carbocycles. The molecule has 6 bridgehead atoms. The number of carbonyl (C=O) groups excluding carboxylic acids is 2. The van der Waals surface area contributed by atoms with Crippen LogP contribution < -0.4 is 9.46 Å². The van der Waals surface area contributed by atoms with Crippen LogP contribution in [-0.4, -0.2) is 69.1 Å². The first-order valence-corrected chi connectivity index (χ1v) is 15.1. The molecule has 2 aliphatic heterocycles. The van der Waals surface area contributed by atoms with Crippen molar-refractivity contribution in [3.63, 3.8) is 0 Å². The summed E-state index contributed by atoms with van der Waals surface area (Å²) in [6.45, 7) is 14.6. The molecule has 3 aromatic rings. The Morgan fingerprint density at radius 1 is 1.05 bits per heavy atom. The lowest BCUT2D eigenvalue weighted by Crippen LogP contribution is -2.49. The lowest BCUT2D eigenvalue weighted by atomic mass is 10.00. The lowest BCUT2D eigenvalue weighted by Gasteiger charge is -2.35. The van der Waals surface area contributed by atoms with Gasteiger partial charge in [-0.3, -0.25) is 9.52 Å². The molecule has 2 aromatic carbocycles. The van der Waals surface area contributed by atoms with Gasteiger partial charge in [0.2, 0.25) is 11.8 Å². The van der Waals surface area contributed by atoms with Crippen LogP contribution in [0.5, 0.6) is 5.88 Å². The van der Waals surface area contributed by atoms with Crippen molar-refractivity contribution in [2.75, 3.05) is 24.4 Å². The number of fused-ring (bicyclic) bond motifs is 6. The van der Waals surface area contributed by atoms with E-state index >= 15 is 0 Å². The fourth-order valence-corrected chi connectivity index (χ4v) is 6.06. The van der Waals surface area contributed by atoms with Crippen LogP contribution in [0, 0.1) is 19.8 Å². The first-order chi connectivity index (χ1) is 19.9. The largest absolute Gasteiger partial charge is 0.470 e. The number of benzene rings is 2. The van der Waals surface area contributed by atoms with E-state index in [0.29, 0.717) is 23.9 Å². The fourth-order valence-electron chi connectivity index (χ4n) is 5.42. The molecule has 0 radical (unpaired) electrons. The molecular weight excluding hydrogens is 550 g/mol. The molecule has 222 valence electrons. The standard InChI is InChI=1S/C32H39N5O4S/c1-19(2)26-18-36(31(39)41-32(5,6)7)16-23-17-37(26)29(38)22-12-9-13-24(14-22)42-35-30-33-25(15-27(34-30)40-23)28-20(3)10-8-11-21(28)4/h8-15,19,23,26H,16-18H2,1-7H3,(H,33,34,35)/t23-,26+/m1/s1. The van der Waals surface area contributed by atoms with Crippen molar-refractivity contribution in [2.24, 2.45) is 5.92 Å². The summed E-state index contributed by atoms with van der Waals surface area (Å²) in [5, 5.41) is 0. The van der Waals surface area contributed by atoms with Crippen molar-refractivity contribution >= 4 is 29.9 Å². The number of rotatable bonds is 2. The van der Waals surface area contributed by atoms with E-state index in [-0.39, 0.29) is 31.0 Å². The zero-order valence-electron chi connectivity index (χ0n) is 25.3. The number of anilines is 1. The summed E-state index contributed by atoms with van der Waals surface area (Å²) in [7, 11) is 0. The minimum absolute atomic E-state index is 0.0776. The summed E-state index contributed by atoms with van der Waals surface area (Å²) >= 11 is 1.34. The maximum Gasteiger partial charge on any atom is 0.410 e. The highest BCUT2D eigenvalue weighted by atomic mass is 32.2. The predicted molar refractivity (Wildman–Crippen MR) is 165 cm³/mol. The van der Waals surface area contributed by atoms with Crippen LogP contribution in [0.1, 0.15) is 56.1 Å². The number of carbonyl (C=O) groups is 2. The van der Waals surface area contributed by atoms with Crippen LogP contribution in [0.25, 0.3) is 11.3 Å². The second-order valence-electron chi connectivity index (χ2n) is 12.3. The molecule has 5 rings (SSSR count). The molecule has 3 heterocycles. The molecule has 1 N–H and O–H groups in total. The zero-order valence-corrected chi connectivity index (χ0v) is 26.1. The van der Waals surface area contributed by atoms with Gasteiger partial charge in [0.05, 0.1) is 24.8 Å². The molecule has 10 heteroatoms. The minimum atomic E-state index is -0.661. The second-order valence-corrected chi connectivity index (χ2v) is 13.2. The van der Waals surface area contributed by atoms with E-state index in [9.17, 15) is 9.59 Å². The molecule has 9 nitrogen and oxygen atoms in total. The number of ether oxygens (including phenoxy) is 2. The van der Waals surface area contributed by atoms with Crippen molar-refractivity contribution in [1.82, 2.24) is 19.8 Å². The van der Waals surface area contributed by atoms with Gasteiger partial charge in [0.15, 0.2) is 0 Å². The first kappa shape index (κ1) is 29.7. The van der Waals surface area contributed by atoms with Gasteiger partial charge in [-0.25, -0.2) is 9.78 Å². The smallest absolute Gasteiger partial charge is 0.410 e. The highest BCUT2D eigenvalue weighted by Crippen LogP contribution is 2.32. The lowest BCUT2D eigenvalue weighted by molar-refractivity contribution is 0.0176. The summed E-state index contributed by atoms with van der Waals surface area (Å²) in [4.78, 5) is 41.4. The topological polar surface area (TPSA) is 96.9 Å². The Bertz CT molecular complexity index is 1470. The van der Waals surface area contributed by atoms with Crippen molar-refractivity contribution in [2.45, 2.75) is 71.1 Å². The minimum Gasteiger partial charge on any atom is -0.470 e. The number of aromatic nitrogens is 2. The van der Waals surface area contributed by atoms with Crippen LogP contribution in [0.4, 0.5) is 10.7 Å². The van der Waals surface area contributed by atoms with Crippen LogP contribution in [-0.2, 0) is 4.74 Å². The number of amides is 2. The molecule has 2 aliphatic rings. The molecule has 1 saturated heterocycles. The number of hydrogen-bond donors (Lipinski definition) is 1. The molecule has 2 atom stereocenters. The average molecular weight is 590 g/mol. The summed E-state index contributed by atoms with van der Waals surface area (Å²) in [5.41, 5.74) is 3.83. The van der Waals surface area contributed by atoms with Gasteiger partial charge < -0.3 is 19.3 Å². The van der Waals surface area contributed by atoms with Gasteiger partial charge in [-0.2, -0.15) is 4.98 Å². The van der Waals surface area contributed by atoms with E-state index in [2.05, 4.69) is 44.5 Å². The molecule has 0 aliphatic carbocycles. The number of nitrogens with zero attached hydrogens (tertiary/aromatic N) is 4. The Morgan fingerprint density at radius 3 is 2.45 bits per heavy atom. The van der Waals surface area contributed by atoms with E-state index in [1.165, 1.54) is 11.9 Å². The Hall–Kier alpha value is -3.79. The van der Waals surface area contributed by atoms with Crippen LogP contribution in [0.3, 0.4) is 0 Å². The summed E-state index contributed by atoms with van der Waals surface area (Å²) in [5.74, 6) is 0.722. The van der Waals surface area contributed by atoms with Crippen molar-refractivity contribution in [1.29, 1.82) is 0 Å². The maximum absolute atomic E-state index is 14.1. The molecule has 1 aromatic heterocycles. The van der Waals surface area contributed by atoms with E-state index in [0.717, 1.165) is 27.3 Å². The Morgan fingerprint density at radius 2 is 1.76 bits per heavy atom.